The van der Waals surface area contributed by atoms with Gasteiger partial charge in [0.05, 0.1) is 17.3 Å². The van der Waals surface area contributed by atoms with E-state index in [9.17, 15) is 39.6 Å². The number of hydrogen-bond acceptors (Lipinski definition) is 5. The van der Waals surface area contributed by atoms with E-state index in [1.165, 1.54) is 18.2 Å². The Labute approximate surface area is 189 Å². The van der Waals surface area contributed by atoms with Gasteiger partial charge in [-0.25, -0.2) is 17.2 Å². The van der Waals surface area contributed by atoms with Gasteiger partial charge in [-0.15, -0.1) is 0 Å². The molecule has 0 aliphatic carbocycles. The number of carbonyl (C=O) groups is 1. The van der Waals surface area contributed by atoms with Gasteiger partial charge in [0, 0.05) is 11.9 Å². The summed E-state index contributed by atoms with van der Waals surface area (Å²) in [5, 5.41) is -0.111. The number of esters is 1. The number of alkyl halides is 6. The van der Waals surface area contributed by atoms with Crippen LogP contribution < -0.4 is 4.74 Å². The third-order valence-corrected chi connectivity index (χ3v) is 7.08. The smallest absolute Gasteiger partial charge is 0.418 e. The van der Waals surface area contributed by atoms with Crippen LogP contribution in [-0.4, -0.2) is 42.5 Å². The quantitative estimate of drug-likeness (QED) is 0.375. The van der Waals surface area contributed by atoms with Crippen molar-refractivity contribution in [1.29, 1.82) is 0 Å². The number of halogens is 6. The monoisotopic (exact) mass is 506 g/mol. The fourth-order valence-corrected chi connectivity index (χ4v) is 5.24. The second-order valence-electron chi connectivity index (χ2n) is 7.62. The van der Waals surface area contributed by atoms with Crippen LogP contribution in [-0.2, 0) is 27.5 Å². The van der Waals surface area contributed by atoms with E-state index in [0.29, 0.717) is 34.9 Å². The number of carbonyl (C=O) groups excluding carboxylic acids is 1. The number of nitrogens with zero attached hydrogens (tertiary/aromatic N) is 2. The van der Waals surface area contributed by atoms with Crippen LogP contribution in [0.1, 0.15) is 17.5 Å². The summed E-state index contributed by atoms with van der Waals surface area (Å²) in [6.07, 6.45) is -8.89. The van der Waals surface area contributed by atoms with Gasteiger partial charge in [-0.2, -0.15) is 26.3 Å². The molecule has 182 valence electrons. The van der Waals surface area contributed by atoms with Crippen LogP contribution in [0.25, 0.3) is 10.9 Å². The van der Waals surface area contributed by atoms with E-state index in [0.717, 1.165) is 24.6 Å². The Balaban J connectivity index is 1.94. The molecular weight excluding hydrogens is 490 g/mol. The Morgan fingerprint density at radius 1 is 0.971 bits per heavy atom. The Morgan fingerprint density at radius 2 is 1.65 bits per heavy atom. The van der Waals surface area contributed by atoms with Crippen LogP contribution in [0.3, 0.4) is 0 Å². The molecular formula is C21H16F6N2O4S. The Bertz CT molecular complexity index is 1360. The number of aromatic nitrogens is 1. The third-order valence-electron chi connectivity index (χ3n) is 5.35. The van der Waals surface area contributed by atoms with Crippen molar-refractivity contribution in [2.24, 2.45) is 0 Å². The minimum atomic E-state index is -5.37. The molecule has 2 heterocycles. The molecule has 0 N–H and O–H groups in total. The second kappa shape index (κ2) is 8.31. The molecule has 1 fully saturated rings. The Kier molecular flexibility index (Phi) is 5.88. The lowest BCUT2D eigenvalue weighted by molar-refractivity contribution is -0.189. The third kappa shape index (κ3) is 4.37. The summed E-state index contributed by atoms with van der Waals surface area (Å²) in [6, 6.07) is 7.59. The zero-order valence-corrected chi connectivity index (χ0v) is 18.0. The molecule has 0 amide bonds. The van der Waals surface area contributed by atoms with E-state index in [1.54, 1.807) is 0 Å². The molecule has 1 aromatic heterocycles. The molecule has 1 aliphatic rings. The van der Waals surface area contributed by atoms with Crippen molar-refractivity contribution in [3.63, 3.8) is 0 Å². The number of ether oxygens (including phenoxy) is 1. The minimum Gasteiger partial charge on any atom is -0.418 e. The second-order valence-corrected chi connectivity index (χ2v) is 9.40. The summed E-state index contributed by atoms with van der Waals surface area (Å²) in [5.41, 5.74) is -1.30. The average Bonchev–Trinajstić information content (AvgIpc) is 3.09. The zero-order valence-electron chi connectivity index (χ0n) is 17.2. The van der Waals surface area contributed by atoms with E-state index in [-0.39, 0.29) is 17.4 Å². The van der Waals surface area contributed by atoms with Crippen LogP contribution in [0.15, 0.2) is 53.6 Å². The Morgan fingerprint density at radius 3 is 2.24 bits per heavy atom. The minimum absolute atomic E-state index is 0.111. The molecule has 6 nitrogen and oxygen atoms in total. The molecule has 3 aromatic rings. The molecule has 1 saturated heterocycles. The predicted octanol–water partition coefficient (Wildman–Crippen LogP) is 4.57. The van der Waals surface area contributed by atoms with E-state index in [2.05, 4.69) is 4.74 Å². The summed E-state index contributed by atoms with van der Waals surface area (Å²) in [7, 11) is -4.96. The first-order chi connectivity index (χ1) is 15.8. The van der Waals surface area contributed by atoms with Crippen molar-refractivity contribution in [2.75, 3.05) is 13.1 Å². The predicted molar refractivity (Wildman–Crippen MR) is 108 cm³/mol. The first kappa shape index (κ1) is 24.1. The van der Waals surface area contributed by atoms with Crippen molar-refractivity contribution in [2.45, 2.75) is 30.2 Å². The molecule has 13 heteroatoms. The zero-order chi connectivity index (χ0) is 24.9. The SMILES string of the molecule is O=C(Oc1cn(S(=O)(=O)c2ccccc2C(F)(F)F)c2cccc(CN3CCC3)c12)C(F)(F)F. The highest BCUT2D eigenvalue weighted by molar-refractivity contribution is 7.90. The molecule has 0 unspecified atom stereocenters. The molecule has 0 bridgehead atoms. The van der Waals surface area contributed by atoms with E-state index < -0.39 is 44.6 Å². The van der Waals surface area contributed by atoms with Crippen molar-refractivity contribution >= 4 is 26.9 Å². The van der Waals surface area contributed by atoms with Gasteiger partial charge in [-0.3, -0.25) is 4.90 Å². The lowest BCUT2D eigenvalue weighted by Crippen LogP contribution is -2.36. The number of benzene rings is 2. The lowest BCUT2D eigenvalue weighted by atomic mass is 10.1. The van der Waals surface area contributed by atoms with Crippen molar-refractivity contribution in [1.82, 2.24) is 8.87 Å². The first-order valence-corrected chi connectivity index (χ1v) is 11.3. The van der Waals surface area contributed by atoms with Gasteiger partial charge < -0.3 is 4.74 Å². The number of fused-ring (bicyclic) bond motifs is 1. The molecule has 2 aromatic carbocycles. The molecule has 0 spiro atoms. The van der Waals surface area contributed by atoms with E-state index in [4.69, 9.17) is 0 Å². The van der Waals surface area contributed by atoms with Crippen molar-refractivity contribution < 1.29 is 44.3 Å². The summed E-state index contributed by atoms with van der Waals surface area (Å²) < 4.78 is 111. The number of hydrogen-bond donors (Lipinski definition) is 0. The Hall–Kier alpha value is -3.06. The molecule has 4 rings (SSSR count). The van der Waals surface area contributed by atoms with Crippen molar-refractivity contribution in [3.8, 4) is 5.75 Å². The fraction of sp³-hybridized carbons (Fsp3) is 0.286. The van der Waals surface area contributed by atoms with Gasteiger partial charge in [-0.1, -0.05) is 24.3 Å². The highest BCUT2D eigenvalue weighted by Crippen LogP contribution is 2.39. The number of likely N-dealkylation sites (tertiary alicyclic amines) is 1. The molecule has 1 aliphatic heterocycles. The van der Waals surface area contributed by atoms with Gasteiger partial charge >= 0.3 is 18.3 Å². The van der Waals surface area contributed by atoms with Gasteiger partial charge in [0.15, 0.2) is 5.75 Å². The molecule has 0 saturated carbocycles. The van der Waals surface area contributed by atoms with Gasteiger partial charge in [0.2, 0.25) is 0 Å². The lowest BCUT2D eigenvalue weighted by Gasteiger charge is -2.30. The maximum absolute atomic E-state index is 13.5. The molecule has 0 atom stereocenters. The average molecular weight is 506 g/mol. The topological polar surface area (TPSA) is 68.6 Å². The fourth-order valence-electron chi connectivity index (χ4n) is 3.67. The molecule has 34 heavy (non-hydrogen) atoms. The molecule has 0 radical (unpaired) electrons. The maximum atomic E-state index is 13.5. The van der Waals surface area contributed by atoms with E-state index in [1.807, 2.05) is 4.90 Å². The summed E-state index contributed by atoms with van der Waals surface area (Å²) in [5.74, 6) is -3.31. The normalized spacial score (nSPS) is 15.4. The maximum Gasteiger partial charge on any atom is 0.491 e. The van der Waals surface area contributed by atoms with Crippen LogP contribution in [0.4, 0.5) is 26.3 Å². The van der Waals surface area contributed by atoms with Crippen LogP contribution in [0, 0.1) is 0 Å². The van der Waals surface area contributed by atoms with E-state index >= 15 is 0 Å². The van der Waals surface area contributed by atoms with Crippen molar-refractivity contribution in [3.05, 3.63) is 59.8 Å². The highest BCUT2D eigenvalue weighted by atomic mass is 32.2. The van der Waals surface area contributed by atoms with Gasteiger partial charge in [-0.05, 0) is 43.3 Å². The van der Waals surface area contributed by atoms with Gasteiger partial charge in [0.25, 0.3) is 10.0 Å². The number of rotatable bonds is 5. The standard InChI is InChI=1S/C21H16F6N2O4S/c22-20(23,24)14-6-1-2-8-17(14)34(31,32)29-12-16(33-19(30)21(25,26)27)18-13(5-3-7-15(18)29)11-28-9-4-10-28/h1-3,5-8,12H,4,9-11H2. The van der Waals surface area contributed by atoms with Crippen LogP contribution >= 0.6 is 0 Å². The van der Waals surface area contributed by atoms with Gasteiger partial charge in [0.1, 0.15) is 4.90 Å². The summed E-state index contributed by atoms with van der Waals surface area (Å²) in [4.78, 5) is 12.4. The summed E-state index contributed by atoms with van der Waals surface area (Å²) in [6.45, 7) is 1.62. The van der Waals surface area contributed by atoms with Crippen LogP contribution in [0.2, 0.25) is 0 Å². The highest BCUT2D eigenvalue weighted by Gasteiger charge is 2.43. The first-order valence-electron chi connectivity index (χ1n) is 9.86. The summed E-state index contributed by atoms with van der Waals surface area (Å²) >= 11 is 0. The largest absolute Gasteiger partial charge is 0.491 e. The van der Waals surface area contributed by atoms with Crippen LogP contribution in [0.5, 0.6) is 5.75 Å².